The molecule has 0 spiro atoms. The van der Waals surface area contributed by atoms with Gasteiger partial charge in [0.1, 0.15) is 12.0 Å². The minimum absolute atomic E-state index is 0.0624. The zero-order valence-electron chi connectivity index (χ0n) is 25.3. The molecule has 1 aliphatic carbocycles. The maximum atomic E-state index is 5.07. The molecule has 2 heterocycles. The van der Waals surface area contributed by atoms with Gasteiger partial charge in [-0.15, -0.1) is 0 Å². The Kier molecular flexibility index (Phi) is 5.65. The highest BCUT2D eigenvalue weighted by Gasteiger charge is 2.37. The quantitative estimate of drug-likeness (QED) is 0.218. The van der Waals surface area contributed by atoms with Gasteiger partial charge in [0.2, 0.25) is 0 Å². The Bertz CT molecular complexity index is 2290. The largest absolute Gasteiger partial charge is 0.309 e. The number of aromatic nitrogens is 1. The first-order chi connectivity index (χ1) is 22.1. The minimum atomic E-state index is -0.202. The van der Waals surface area contributed by atoms with Crippen molar-refractivity contribution in [1.29, 1.82) is 0 Å². The van der Waals surface area contributed by atoms with Crippen LogP contribution in [0, 0.1) is 0 Å². The molecule has 1 aliphatic heterocycles. The van der Waals surface area contributed by atoms with Crippen LogP contribution < -0.4 is 10.9 Å². The van der Waals surface area contributed by atoms with Crippen LogP contribution in [0.5, 0.6) is 0 Å². The van der Waals surface area contributed by atoms with Gasteiger partial charge in [0.15, 0.2) is 0 Å². The Balaban J connectivity index is 1.15. The summed E-state index contributed by atoms with van der Waals surface area (Å²) in [7, 11) is 0. The standard InChI is InChI=1S/C41H32N4/c1-41(2)34-17-8-6-16-33(34)37-35(41)24-23-32-31-15-7-9-18-36(31)45(38(32)37)30-14-10-13-29(25-30)40-42-39(43-44-40)28-21-19-27(20-22-28)26-11-4-3-5-12-26/h3-25,40,44H,1-2H3,(H,42,43). The Morgan fingerprint density at radius 3 is 2.22 bits per heavy atom. The lowest BCUT2D eigenvalue weighted by molar-refractivity contribution is 0.575. The van der Waals surface area contributed by atoms with E-state index in [0.29, 0.717) is 0 Å². The summed E-state index contributed by atoms with van der Waals surface area (Å²) >= 11 is 0. The van der Waals surface area contributed by atoms with Crippen molar-refractivity contribution in [1.82, 2.24) is 15.4 Å². The first-order valence-corrected chi connectivity index (χ1v) is 15.6. The Hall–Kier alpha value is -5.45. The molecule has 2 N–H and O–H groups in total. The molecule has 0 radical (unpaired) electrons. The molecule has 4 heteroatoms. The maximum Gasteiger partial charge on any atom is 0.144 e. The van der Waals surface area contributed by atoms with E-state index in [0.717, 1.165) is 22.6 Å². The van der Waals surface area contributed by atoms with Gasteiger partial charge in [0.05, 0.1) is 11.0 Å². The summed E-state index contributed by atoms with van der Waals surface area (Å²) < 4.78 is 2.46. The summed E-state index contributed by atoms with van der Waals surface area (Å²) in [6.45, 7) is 4.70. The lowest BCUT2D eigenvalue weighted by Gasteiger charge is -2.21. The van der Waals surface area contributed by atoms with E-state index in [-0.39, 0.29) is 11.6 Å². The van der Waals surface area contributed by atoms with E-state index in [4.69, 9.17) is 4.99 Å². The second-order valence-electron chi connectivity index (χ2n) is 12.6. The van der Waals surface area contributed by atoms with Crippen molar-refractivity contribution in [3.63, 3.8) is 0 Å². The number of aliphatic imine (C=N–C) groups is 1. The SMILES string of the molecule is CC1(C)c2ccccc2-c2c1ccc1c3ccccc3n(-c3cccc(C4N=C(c5ccc(-c6ccccc6)cc5)NN4)c3)c21. The zero-order valence-corrected chi connectivity index (χ0v) is 25.3. The van der Waals surface area contributed by atoms with Crippen LogP contribution in [-0.4, -0.2) is 10.4 Å². The summed E-state index contributed by atoms with van der Waals surface area (Å²) in [6.07, 6.45) is -0.202. The lowest BCUT2D eigenvalue weighted by Crippen LogP contribution is -2.31. The van der Waals surface area contributed by atoms with Crippen LogP contribution in [0.4, 0.5) is 0 Å². The maximum absolute atomic E-state index is 5.07. The third kappa shape index (κ3) is 3.92. The topological polar surface area (TPSA) is 41.4 Å². The smallest absolute Gasteiger partial charge is 0.144 e. The van der Waals surface area contributed by atoms with E-state index in [1.807, 2.05) is 6.07 Å². The molecule has 0 saturated heterocycles. The van der Waals surface area contributed by atoms with Gasteiger partial charge in [0.25, 0.3) is 0 Å². The molecule has 1 atom stereocenters. The Morgan fingerprint density at radius 2 is 1.36 bits per heavy atom. The molecule has 0 saturated carbocycles. The van der Waals surface area contributed by atoms with Gasteiger partial charge < -0.3 is 9.99 Å². The molecule has 4 nitrogen and oxygen atoms in total. The fraction of sp³-hybridized carbons (Fsp3) is 0.0976. The summed E-state index contributed by atoms with van der Waals surface area (Å²) in [6, 6.07) is 50.2. The van der Waals surface area contributed by atoms with Crippen molar-refractivity contribution in [3.8, 4) is 27.9 Å². The highest BCUT2D eigenvalue weighted by molar-refractivity contribution is 6.15. The van der Waals surface area contributed by atoms with Crippen molar-refractivity contribution < 1.29 is 0 Å². The van der Waals surface area contributed by atoms with Crippen molar-refractivity contribution in [2.24, 2.45) is 4.99 Å². The minimum Gasteiger partial charge on any atom is -0.309 e. The summed E-state index contributed by atoms with van der Waals surface area (Å²) in [5, 5.41) is 2.55. The molecule has 9 rings (SSSR count). The molecule has 0 bridgehead atoms. The molecule has 2 aliphatic rings. The van der Waals surface area contributed by atoms with Crippen LogP contribution >= 0.6 is 0 Å². The van der Waals surface area contributed by atoms with Crippen LogP contribution in [-0.2, 0) is 5.41 Å². The number of hydrogen-bond acceptors (Lipinski definition) is 3. The highest BCUT2D eigenvalue weighted by Crippen LogP contribution is 2.52. The number of fused-ring (bicyclic) bond motifs is 7. The van der Waals surface area contributed by atoms with Gasteiger partial charge in [-0.1, -0.05) is 135 Å². The van der Waals surface area contributed by atoms with E-state index in [1.54, 1.807) is 0 Å². The molecule has 7 aromatic rings. The zero-order chi connectivity index (χ0) is 30.1. The third-order valence-corrected chi connectivity index (χ3v) is 9.67. The number of hydrazine groups is 1. The molecule has 0 amide bonds. The molecule has 216 valence electrons. The monoisotopic (exact) mass is 580 g/mol. The van der Waals surface area contributed by atoms with Gasteiger partial charge in [-0.05, 0) is 51.6 Å². The number of para-hydroxylation sites is 1. The number of rotatable bonds is 4. The van der Waals surface area contributed by atoms with Crippen LogP contribution in [0.2, 0.25) is 0 Å². The normalized spacial score (nSPS) is 16.4. The predicted octanol–water partition coefficient (Wildman–Crippen LogP) is 9.31. The molecule has 1 aromatic heterocycles. The number of nitrogens with one attached hydrogen (secondary N) is 2. The van der Waals surface area contributed by atoms with Crippen molar-refractivity contribution in [3.05, 3.63) is 162 Å². The van der Waals surface area contributed by atoms with Crippen LogP contribution in [0.25, 0.3) is 49.7 Å². The van der Waals surface area contributed by atoms with Crippen molar-refractivity contribution in [2.75, 3.05) is 0 Å². The molecule has 0 fully saturated rings. The summed E-state index contributed by atoms with van der Waals surface area (Å²) in [4.78, 5) is 5.07. The van der Waals surface area contributed by atoms with Gasteiger partial charge >= 0.3 is 0 Å². The van der Waals surface area contributed by atoms with E-state index in [9.17, 15) is 0 Å². The molecule has 1 unspecified atom stereocenters. The van der Waals surface area contributed by atoms with Gasteiger partial charge in [0, 0.05) is 33.0 Å². The fourth-order valence-electron chi connectivity index (χ4n) is 7.43. The average molecular weight is 581 g/mol. The fourth-order valence-corrected chi connectivity index (χ4v) is 7.43. The van der Waals surface area contributed by atoms with Crippen molar-refractivity contribution >= 4 is 27.6 Å². The van der Waals surface area contributed by atoms with Crippen LogP contribution in [0.1, 0.15) is 42.3 Å². The van der Waals surface area contributed by atoms with Gasteiger partial charge in [-0.25, -0.2) is 10.4 Å². The van der Waals surface area contributed by atoms with Gasteiger partial charge in [-0.3, -0.25) is 0 Å². The number of hydrogen-bond donors (Lipinski definition) is 2. The van der Waals surface area contributed by atoms with Crippen LogP contribution in [0.15, 0.2) is 145 Å². The molecule has 45 heavy (non-hydrogen) atoms. The molecular weight excluding hydrogens is 548 g/mol. The van der Waals surface area contributed by atoms with E-state index in [1.165, 1.54) is 55.2 Å². The Morgan fingerprint density at radius 1 is 0.622 bits per heavy atom. The second kappa shape index (κ2) is 9.78. The van der Waals surface area contributed by atoms with E-state index >= 15 is 0 Å². The van der Waals surface area contributed by atoms with E-state index < -0.39 is 0 Å². The number of benzene rings is 6. The summed E-state index contributed by atoms with van der Waals surface area (Å²) in [5.74, 6) is 0.846. The Labute approximate surface area is 262 Å². The lowest BCUT2D eigenvalue weighted by atomic mass is 9.82. The first kappa shape index (κ1) is 26.0. The predicted molar refractivity (Wildman–Crippen MR) is 186 cm³/mol. The molecule has 6 aromatic carbocycles. The highest BCUT2D eigenvalue weighted by atomic mass is 15.5. The van der Waals surface area contributed by atoms with Gasteiger partial charge in [-0.2, -0.15) is 0 Å². The average Bonchev–Trinajstić information content (AvgIpc) is 3.78. The summed E-state index contributed by atoms with van der Waals surface area (Å²) in [5.41, 5.74) is 20.3. The number of amidine groups is 1. The van der Waals surface area contributed by atoms with Crippen molar-refractivity contribution in [2.45, 2.75) is 25.4 Å². The van der Waals surface area contributed by atoms with E-state index in [2.05, 4.69) is 163 Å². The molecular formula is C41H32N4. The number of nitrogens with zero attached hydrogens (tertiary/aromatic N) is 2. The van der Waals surface area contributed by atoms with Crippen LogP contribution in [0.3, 0.4) is 0 Å². The third-order valence-electron chi connectivity index (χ3n) is 9.67. The first-order valence-electron chi connectivity index (χ1n) is 15.6. The second-order valence-corrected chi connectivity index (χ2v) is 12.6.